The molecule has 2 N–H and O–H groups in total. The van der Waals surface area contributed by atoms with Gasteiger partial charge in [0.2, 0.25) is 0 Å². The minimum atomic E-state index is -0.804. The quantitative estimate of drug-likeness (QED) is 0.879. The Morgan fingerprint density at radius 3 is 2.45 bits per heavy atom. The van der Waals surface area contributed by atoms with Crippen LogP contribution < -0.4 is 10.5 Å². The third-order valence-corrected chi connectivity index (χ3v) is 2.80. The number of benzene rings is 2. The van der Waals surface area contributed by atoms with E-state index in [2.05, 4.69) is 0 Å². The Hall–Kier alpha value is -2.08. The van der Waals surface area contributed by atoms with Gasteiger partial charge in [-0.25, -0.2) is 13.2 Å². The van der Waals surface area contributed by atoms with Crippen LogP contribution in [-0.4, -0.2) is 4.99 Å². The van der Waals surface area contributed by atoms with E-state index < -0.39 is 17.5 Å². The molecule has 2 aromatic carbocycles. The first-order valence-corrected chi connectivity index (χ1v) is 6.04. The van der Waals surface area contributed by atoms with Crippen LogP contribution in [-0.2, 0) is 6.61 Å². The van der Waals surface area contributed by atoms with Gasteiger partial charge in [-0.2, -0.15) is 0 Å². The van der Waals surface area contributed by atoms with Gasteiger partial charge in [0.15, 0.2) is 11.6 Å². The Labute approximate surface area is 119 Å². The van der Waals surface area contributed by atoms with Crippen LogP contribution in [0.5, 0.6) is 5.75 Å². The molecule has 20 heavy (non-hydrogen) atoms. The fraction of sp³-hybridized carbons (Fsp3) is 0.0714. The van der Waals surface area contributed by atoms with Gasteiger partial charge in [-0.15, -0.1) is 0 Å². The summed E-state index contributed by atoms with van der Waals surface area (Å²) in [5.74, 6) is -2.11. The summed E-state index contributed by atoms with van der Waals surface area (Å²) in [6, 6.07) is 7.10. The summed E-state index contributed by atoms with van der Waals surface area (Å²) >= 11 is 4.72. The lowest BCUT2D eigenvalue weighted by Gasteiger charge is -2.09. The average Bonchev–Trinajstić information content (AvgIpc) is 2.39. The van der Waals surface area contributed by atoms with Gasteiger partial charge in [-0.1, -0.05) is 18.3 Å². The Bertz CT molecular complexity index is 661. The summed E-state index contributed by atoms with van der Waals surface area (Å²) in [6.45, 7) is -0.0154. The van der Waals surface area contributed by atoms with Crippen molar-refractivity contribution in [2.24, 2.45) is 5.73 Å². The first kappa shape index (κ1) is 14.3. The molecule has 0 unspecified atom stereocenters. The number of halogens is 3. The number of rotatable bonds is 4. The van der Waals surface area contributed by atoms with Crippen molar-refractivity contribution in [2.75, 3.05) is 0 Å². The predicted molar refractivity (Wildman–Crippen MR) is 73.0 cm³/mol. The number of ether oxygens (including phenoxy) is 1. The lowest BCUT2D eigenvalue weighted by atomic mass is 10.1. The molecule has 104 valence electrons. The molecule has 0 aliphatic rings. The Morgan fingerprint density at radius 2 is 1.80 bits per heavy atom. The smallest absolute Gasteiger partial charge is 0.167 e. The summed E-state index contributed by atoms with van der Waals surface area (Å²) in [5, 5.41) is 0. The molecule has 0 fully saturated rings. The van der Waals surface area contributed by atoms with Gasteiger partial charge in [0, 0.05) is 11.6 Å². The normalized spacial score (nSPS) is 10.3. The Balaban J connectivity index is 2.15. The van der Waals surface area contributed by atoms with Crippen LogP contribution in [0.1, 0.15) is 11.1 Å². The molecule has 6 heteroatoms. The molecule has 0 amide bonds. The van der Waals surface area contributed by atoms with Crippen LogP contribution in [0.3, 0.4) is 0 Å². The van der Waals surface area contributed by atoms with E-state index in [1.165, 1.54) is 24.3 Å². The van der Waals surface area contributed by atoms with Gasteiger partial charge in [-0.05, 0) is 29.8 Å². The van der Waals surface area contributed by atoms with Crippen molar-refractivity contribution >= 4 is 17.2 Å². The van der Waals surface area contributed by atoms with Gasteiger partial charge in [-0.3, -0.25) is 0 Å². The second-order valence-corrected chi connectivity index (χ2v) is 4.48. The summed E-state index contributed by atoms with van der Waals surface area (Å²) in [5.41, 5.74) is 6.05. The van der Waals surface area contributed by atoms with Crippen LogP contribution in [0.4, 0.5) is 13.2 Å². The standard InChI is InChI=1S/C14H10F3NOS/c15-9-2-4-13(12(17)6-9)19-7-8-1-3-11(16)10(5-8)14(18)20/h1-6H,7H2,(H2,18,20). The maximum absolute atomic E-state index is 13.4. The van der Waals surface area contributed by atoms with Crippen LogP contribution in [0.15, 0.2) is 36.4 Å². The molecule has 2 aromatic rings. The van der Waals surface area contributed by atoms with Crippen molar-refractivity contribution in [3.63, 3.8) is 0 Å². The second-order valence-electron chi connectivity index (χ2n) is 4.04. The van der Waals surface area contributed by atoms with Gasteiger partial charge in [0.1, 0.15) is 23.2 Å². The SMILES string of the molecule is NC(=S)c1cc(COc2ccc(F)cc2F)ccc1F. The summed E-state index contributed by atoms with van der Waals surface area (Å²) < 4.78 is 44.7. The fourth-order valence-corrected chi connectivity index (χ4v) is 1.76. The first-order valence-electron chi connectivity index (χ1n) is 5.63. The molecule has 0 heterocycles. The van der Waals surface area contributed by atoms with E-state index >= 15 is 0 Å². The minimum Gasteiger partial charge on any atom is -0.486 e. The fourth-order valence-electron chi connectivity index (χ4n) is 1.60. The maximum Gasteiger partial charge on any atom is 0.167 e. The second kappa shape index (κ2) is 5.92. The lowest BCUT2D eigenvalue weighted by Crippen LogP contribution is -2.12. The summed E-state index contributed by atoms with van der Waals surface area (Å²) in [7, 11) is 0. The zero-order valence-electron chi connectivity index (χ0n) is 10.2. The van der Waals surface area contributed by atoms with Crippen LogP contribution in [0.2, 0.25) is 0 Å². The van der Waals surface area contributed by atoms with E-state index in [0.717, 1.165) is 12.1 Å². The highest BCUT2D eigenvalue weighted by atomic mass is 32.1. The molecule has 0 radical (unpaired) electrons. The molecule has 0 bridgehead atoms. The first-order chi connectivity index (χ1) is 9.47. The van der Waals surface area contributed by atoms with Crippen molar-refractivity contribution < 1.29 is 17.9 Å². The van der Waals surface area contributed by atoms with E-state index in [-0.39, 0.29) is 22.9 Å². The van der Waals surface area contributed by atoms with Crippen molar-refractivity contribution in [3.05, 3.63) is 65.0 Å². The molecule has 0 aliphatic heterocycles. The van der Waals surface area contributed by atoms with Crippen LogP contribution >= 0.6 is 12.2 Å². The van der Waals surface area contributed by atoms with E-state index in [9.17, 15) is 13.2 Å². The monoisotopic (exact) mass is 297 g/mol. The molecule has 0 aromatic heterocycles. The predicted octanol–water partition coefficient (Wildman–Crippen LogP) is 3.32. The summed E-state index contributed by atoms with van der Waals surface area (Å²) in [6.07, 6.45) is 0. The number of hydrogen-bond donors (Lipinski definition) is 1. The molecular formula is C14H10F3NOS. The number of thiocarbonyl (C=S) groups is 1. The van der Waals surface area contributed by atoms with Gasteiger partial charge >= 0.3 is 0 Å². The molecule has 0 spiro atoms. The molecule has 2 nitrogen and oxygen atoms in total. The average molecular weight is 297 g/mol. The van der Waals surface area contributed by atoms with E-state index in [0.29, 0.717) is 5.56 Å². The van der Waals surface area contributed by atoms with Gasteiger partial charge in [0.05, 0.1) is 0 Å². The van der Waals surface area contributed by atoms with Crippen LogP contribution in [0, 0.1) is 17.5 Å². The Morgan fingerprint density at radius 1 is 1.05 bits per heavy atom. The van der Waals surface area contributed by atoms with Crippen molar-refractivity contribution in [1.82, 2.24) is 0 Å². The summed E-state index contributed by atoms with van der Waals surface area (Å²) in [4.78, 5) is -0.0719. The molecule has 0 aliphatic carbocycles. The van der Waals surface area contributed by atoms with Crippen molar-refractivity contribution in [1.29, 1.82) is 0 Å². The molecule has 0 atom stereocenters. The Kier molecular flexibility index (Phi) is 4.24. The van der Waals surface area contributed by atoms with E-state index in [1.807, 2.05) is 0 Å². The molecule has 0 saturated carbocycles. The third-order valence-electron chi connectivity index (χ3n) is 2.58. The third kappa shape index (κ3) is 3.27. The topological polar surface area (TPSA) is 35.2 Å². The van der Waals surface area contributed by atoms with Gasteiger partial charge in [0.25, 0.3) is 0 Å². The van der Waals surface area contributed by atoms with E-state index in [4.69, 9.17) is 22.7 Å². The lowest BCUT2D eigenvalue weighted by molar-refractivity contribution is 0.289. The van der Waals surface area contributed by atoms with E-state index in [1.54, 1.807) is 0 Å². The van der Waals surface area contributed by atoms with Crippen molar-refractivity contribution in [2.45, 2.75) is 6.61 Å². The highest BCUT2D eigenvalue weighted by molar-refractivity contribution is 7.80. The molecule has 0 saturated heterocycles. The molecule has 2 rings (SSSR count). The van der Waals surface area contributed by atoms with Crippen molar-refractivity contribution in [3.8, 4) is 5.75 Å². The number of hydrogen-bond acceptors (Lipinski definition) is 2. The van der Waals surface area contributed by atoms with Crippen LogP contribution in [0.25, 0.3) is 0 Å². The number of nitrogens with two attached hydrogens (primary N) is 1. The highest BCUT2D eigenvalue weighted by Crippen LogP contribution is 2.19. The van der Waals surface area contributed by atoms with Gasteiger partial charge < -0.3 is 10.5 Å². The minimum absolute atomic E-state index is 0.0154. The zero-order valence-corrected chi connectivity index (χ0v) is 11.0. The highest BCUT2D eigenvalue weighted by Gasteiger charge is 2.08. The molecular weight excluding hydrogens is 287 g/mol. The zero-order chi connectivity index (χ0) is 14.7. The maximum atomic E-state index is 13.4. The largest absolute Gasteiger partial charge is 0.486 e.